The summed E-state index contributed by atoms with van der Waals surface area (Å²) in [4.78, 5) is 20.4. The van der Waals surface area contributed by atoms with E-state index in [2.05, 4.69) is 24.5 Å². The molecule has 0 aromatic rings. The Morgan fingerprint density at radius 3 is 1.85 bits per heavy atom. The molecule has 1 aliphatic heterocycles. The van der Waals surface area contributed by atoms with Gasteiger partial charge in [-0.2, -0.15) is 0 Å². The zero-order valence-corrected chi connectivity index (χ0v) is 17.1. The summed E-state index contributed by atoms with van der Waals surface area (Å²) in [7, 11) is 0. The number of carbonyl (C=O) groups excluding carboxylic acids is 2. The van der Waals surface area contributed by atoms with Gasteiger partial charge < -0.3 is 24.4 Å². The molecule has 9 heteroatoms. The summed E-state index contributed by atoms with van der Waals surface area (Å²) >= 11 is 9.69. The number of carbonyl (C=O) groups is 2. The monoisotopic (exact) mass is 414 g/mol. The molecule has 1 atom stereocenters. The molecule has 1 fully saturated rings. The first-order valence-corrected chi connectivity index (χ1v) is 8.19. The topological polar surface area (TPSA) is 106 Å². The fourth-order valence-electron chi connectivity index (χ4n) is 0.573. The number of ether oxygens (including phenoxy) is 3. The van der Waals surface area contributed by atoms with Crippen LogP contribution in [0.3, 0.4) is 0 Å². The van der Waals surface area contributed by atoms with Gasteiger partial charge in [-0.1, -0.05) is 49.9 Å². The average molecular weight is 415 g/mol. The first kappa shape index (κ1) is 29.4. The van der Waals surface area contributed by atoms with Crippen LogP contribution < -0.4 is 0 Å². The summed E-state index contributed by atoms with van der Waals surface area (Å²) < 4.78 is 13.9. The van der Waals surface area contributed by atoms with E-state index in [1.165, 1.54) is 13.8 Å². The molecule has 0 bridgehead atoms. The van der Waals surface area contributed by atoms with Crippen molar-refractivity contribution in [1.82, 2.24) is 0 Å². The van der Waals surface area contributed by atoms with Crippen LogP contribution in [0.25, 0.3) is 0 Å². The molecule has 1 rings (SSSR count). The third kappa shape index (κ3) is 38.3. The number of hydrogen-bond donors (Lipinski definition) is 2. The molecular weight excluding hydrogens is 387 g/mol. The van der Waals surface area contributed by atoms with E-state index >= 15 is 0 Å². The first-order valence-electron chi connectivity index (χ1n) is 7.43. The van der Waals surface area contributed by atoms with Gasteiger partial charge >= 0.3 is 11.9 Å². The first-order chi connectivity index (χ1) is 11.8. The molecule has 0 radical (unpaired) electrons. The molecule has 152 valence electrons. The van der Waals surface area contributed by atoms with Crippen LogP contribution in [0, 0.1) is 0 Å². The number of rotatable bonds is 5. The van der Waals surface area contributed by atoms with Crippen LogP contribution in [-0.4, -0.2) is 47.3 Å². The van der Waals surface area contributed by atoms with E-state index < -0.39 is 5.79 Å². The van der Waals surface area contributed by atoms with Crippen LogP contribution in [0.5, 0.6) is 0 Å². The smallest absolute Gasteiger partial charge is 0.333 e. The van der Waals surface area contributed by atoms with Gasteiger partial charge in [0.15, 0.2) is 5.79 Å². The quantitative estimate of drug-likeness (QED) is 0.234. The Kier molecular flexibility index (Phi) is 19.3. The Hall–Kier alpha value is -1.38. The SMILES string of the molecule is C=C(C)C(=O)OCC1CO1.C=C(Cl)Cl.C=COC(C)=O.CCC(C)(O)O. The summed E-state index contributed by atoms with van der Waals surface area (Å²) in [5.41, 5.74) is 0.431. The highest BCUT2D eigenvalue weighted by Gasteiger charge is 2.24. The largest absolute Gasteiger partial charge is 0.459 e. The fraction of sp³-hybridized carbons (Fsp3) is 0.529. The number of epoxide rings is 1. The highest BCUT2D eigenvalue weighted by atomic mass is 35.5. The van der Waals surface area contributed by atoms with Crippen molar-refractivity contribution in [3.05, 3.63) is 36.1 Å². The summed E-state index contributed by atoms with van der Waals surface area (Å²) in [6, 6.07) is 0. The van der Waals surface area contributed by atoms with Crippen LogP contribution in [0.4, 0.5) is 0 Å². The van der Waals surface area contributed by atoms with Crippen molar-refractivity contribution in [3.63, 3.8) is 0 Å². The van der Waals surface area contributed by atoms with Crippen LogP contribution in [0.2, 0.25) is 0 Å². The Labute approximate surface area is 164 Å². The minimum absolute atomic E-state index is 0.111. The molecule has 1 heterocycles. The standard InChI is InChI=1S/C7H10O3.C4H6O2.C4H10O2.C2H2Cl2/c1-5(2)7(8)10-4-6-3-9-6;1-3-6-4(2)5;1-3-4(2,5)6;1-2(3)4/h6H,1,3-4H2,2H3;3H,1H2,2H3;5-6H,3H2,1-2H3;1H2. The molecule has 26 heavy (non-hydrogen) atoms. The molecule has 0 saturated carbocycles. The van der Waals surface area contributed by atoms with Gasteiger partial charge in [-0.3, -0.25) is 4.79 Å². The molecule has 0 aromatic heterocycles. The lowest BCUT2D eigenvalue weighted by atomic mass is 10.3. The number of halogens is 2. The van der Waals surface area contributed by atoms with Gasteiger partial charge in [-0.25, -0.2) is 4.79 Å². The molecular formula is C17H28Cl2O7. The maximum Gasteiger partial charge on any atom is 0.333 e. The molecule has 0 aliphatic carbocycles. The molecule has 0 spiro atoms. The predicted octanol–water partition coefficient (Wildman–Crippen LogP) is 3.23. The number of hydrogen-bond acceptors (Lipinski definition) is 7. The molecule has 0 amide bonds. The Morgan fingerprint density at radius 2 is 1.69 bits per heavy atom. The van der Waals surface area contributed by atoms with Crippen molar-refractivity contribution in [1.29, 1.82) is 0 Å². The average Bonchev–Trinajstić information content (AvgIpc) is 3.28. The summed E-state index contributed by atoms with van der Waals surface area (Å²) in [5.74, 6) is -2.12. The van der Waals surface area contributed by atoms with Crippen LogP contribution in [0.15, 0.2) is 36.1 Å². The van der Waals surface area contributed by atoms with Gasteiger partial charge in [-0.15, -0.1) is 0 Å². The second-order valence-electron chi connectivity index (χ2n) is 5.02. The maximum absolute atomic E-state index is 10.7. The zero-order chi connectivity index (χ0) is 21.3. The van der Waals surface area contributed by atoms with Crippen molar-refractivity contribution >= 4 is 35.1 Å². The normalized spacial score (nSPS) is 13.8. The Balaban J connectivity index is -0.000000290. The molecule has 7 nitrogen and oxygen atoms in total. The Bertz CT molecular complexity index is 449. The molecule has 1 saturated heterocycles. The van der Waals surface area contributed by atoms with Crippen LogP contribution in [-0.2, 0) is 23.8 Å². The maximum atomic E-state index is 10.7. The number of esters is 2. The lowest BCUT2D eigenvalue weighted by Crippen LogP contribution is -2.20. The minimum atomic E-state index is -1.46. The molecule has 1 aliphatic rings. The summed E-state index contributed by atoms with van der Waals surface area (Å²) in [6.07, 6.45) is 1.62. The third-order valence-electron chi connectivity index (χ3n) is 2.07. The summed E-state index contributed by atoms with van der Waals surface area (Å²) in [5, 5.41) is 16.8. The van der Waals surface area contributed by atoms with Gasteiger partial charge in [0.05, 0.1) is 17.4 Å². The van der Waals surface area contributed by atoms with E-state index in [0.717, 1.165) is 6.26 Å². The fourth-order valence-corrected chi connectivity index (χ4v) is 0.573. The van der Waals surface area contributed by atoms with E-state index in [4.69, 9.17) is 42.9 Å². The van der Waals surface area contributed by atoms with Crippen molar-refractivity contribution in [2.75, 3.05) is 13.2 Å². The van der Waals surface area contributed by atoms with Gasteiger partial charge in [0.25, 0.3) is 0 Å². The lowest BCUT2D eigenvalue weighted by Gasteiger charge is -2.10. The number of aliphatic hydroxyl groups is 2. The van der Waals surface area contributed by atoms with Crippen molar-refractivity contribution in [2.24, 2.45) is 0 Å². The second kappa shape index (κ2) is 17.1. The Morgan fingerprint density at radius 1 is 1.31 bits per heavy atom. The van der Waals surface area contributed by atoms with Gasteiger partial charge in [0.2, 0.25) is 0 Å². The molecule has 2 N–H and O–H groups in total. The molecule has 0 aromatic carbocycles. The van der Waals surface area contributed by atoms with E-state index in [9.17, 15) is 9.59 Å². The van der Waals surface area contributed by atoms with E-state index in [-0.39, 0.29) is 22.5 Å². The highest BCUT2D eigenvalue weighted by molar-refractivity contribution is 6.55. The van der Waals surface area contributed by atoms with Crippen molar-refractivity contribution in [2.45, 2.75) is 46.0 Å². The molecule has 1 unspecified atom stereocenters. The van der Waals surface area contributed by atoms with Crippen molar-refractivity contribution in [3.8, 4) is 0 Å². The minimum Gasteiger partial charge on any atom is -0.459 e. The van der Waals surface area contributed by atoms with E-state index in [1.807, 2.05) is 0 Å². The van der Waals surface area contributed by atoms with Gasteiger partial charge in [0, 0.05) is 12.5 Å². The van der Waals surface area contributed by atoms with Gasteiger partial charge in [0.1, 0.15) is 12.7 Å². The van der Waals surface area contributed by atoms with Crippen molar-refractivity contribution < 1.29 is 34.0 Å². The predicted molar refractivity (Wildman–Crippen MR) is 101 cm³/mol. The zero-order valence-electron chi connectivity index (χ0n) is 15.6. The van der Waals surface area contributed by atoms with E-state index in [1.54, 1.807) is 13.8 Å². The third-order valence-corrected chi connectivity index (χ3v) is 2.07. The van der Waals surface area contributed by atoms with Gasteiger partial charge in [-0.05, 0) is 20.3 Å². The van der Waals surface area contributed by atoms with Crippen LogP contribution >= 0.6 is 23.2 Å². The highest BCUT2D eigenvalue weighted by Crippen LogP contribution is 2.09. The van der Waals surface area contributed by atoms with E-state index in [0.29, 0.717) is 25.2 Å². The second-order valence-corrected chi connectivity index (χ2v) is 6.13. The van der Waals surface area contributed by atoms with Crippen LogP contribution in [0.1, 0.15) is 34.1 Å². The summed E-state index contributed by atoms with van der Waals surface area (Å²) in [6.45, 7) is 16.8. The lowest BCUT2D eigenvalue weighted by molar-refractivity contribution is -0.146.